The highest BCUT2D eigenvalue weighted by atomic mass is 79.9. The van der Waals surface area contributed by atoms with Crippen molar-refractivity contribution >= 4 is 15.9 Å². The van der Waals surface area contributed by atoms with Gasteiger partial charge in [0.25, 0.3) is 0 Å². The highest BCUT2D eigenvalue weighted by molar-refractivity contribution is 9.09. The molecule has 0 saturated heterocycles. The third kappa shape index (κ3) is 2.67. The van der Waals surface area contributed by atoms with E-state index in [1.807, 2.05) is 12.1 Å². The third-order valence-corrected chi connectivity index (χ3v) is 5.21. The summed E-state index contributed by atoms with van der Waals surface area (Å²) in [5.41, 5.74) is 5.83. The molecule has 3 rings (SSSR count). The maximum absolute atomic E-state index is 13.7. The van der Waals surface area contributed by atoms with Crippen molar-refractivity contribution < 1.29 is 4.39 Å². The lowest BCUT2D eigenvalue weighted by Crippen LogP contribution is -2.04. The van der Waals surface area contributed by atoms with Gasteiger partial charge in [-0.1, -0.05) is 46.3 Å². The molecule has 1 aliphatic carbocycles. The van der Waals surface area contributed by atoms with Gasteiger partial charge in [-0.05, 0) is 66.5 Å². The van der Waals surface area contributed by atoms with Gasteiger partial charge in [0.1, 0.15) is 5.82 Å². The molecular formula is C18H18BrF. The topological polar surface area (TPSA) is 0 Å². The number of benzene rings is 2. The summed E-state index contributed by atoms with van der Waals surface area (Å²) in [5, 5.41) is 0. The van der Waals surface area contributed by atoms with E-state index in [2.05, 4.69) is 34.1 Å². The van der Waals surface area contributed by atoms with E-state index in [-0.39, 0.29) is 10.6 Å². The molecule has 0 nitrogen and oxygen atoms in total. The standard InChI is InChI=1S/C18H18BrF/c1-12-6-7-16(11-17(12)20)18(19)15-9-8-13-4-2-3-5-14(13)10-15/h6-11,18H,2-5H2,1H3. The molecule has 1 atom stereocenters. The first-order chi connectivity index (χ1) is 9.65. The molecule has 0 fully saturated rings. The lowest BCUT2D eigenvalue weighted by Gasteiger charge is -2.19. The Hall–Kier alpha value is -1.15. The van der Waals surface area contributed by atoms with Gasteiger partial charge in [0.15, 0.2) is 0 Å². The van der Waals surface area contributed by atoms with Crippen LogP contribution in [0.15, 0.2) is 36.4 Å². The van der Waals surface area contributed by atoms with E-state index in [4.69, 9.17) is 0 Å². The van der Waals surface area contributed by atoms with E-state index in [0.29, 0.717) is 5.56 Å². The summed E-state index contributed by atoms with van der Waals surface area (Å²) in [6.45, 7) is 1.79. The van der Waals surface area contributed by atoms with Crippen LogP contribution in [0.3, 0.4) is 0 Å². The van der Waals surface area contributed by atoms with E-state index in [1.165, 1.54) is 42.4 Å². The zero-order valence-electron chi connectivity index (χ0n) is 11.6. The van der Waals surface area contributed by atoms with Crippen molar-refractivity contribution in [2.75, 3.05) is 0 Å². The Bertz CT molecular complexity index is 633. The Balaban J connectivity index is 1.93. The molecule has 0 amide bonds. The Morgan fingerprint density at radius 2 is 1.60 bits per heavy atom. The van der Waals surface area contributed by atoms with Crippen molar-refractivity contribution in [3.63, 3.8) is 0 Å². The molecule has 1 aliphatic rings. The number of aryl methyl sites for hydroxylation is 3. The second kappa shape index (κ2) is 5.69. The monoisotopic (exact) mass is 332 g/mol. The van der Waals surface area contributed by atoms with Crippen LogP contribution in [0.4, 0.5) is 4.39 Å². The maximum atomic E-state index is 13.7. The smallest absolute Gasteiger partial charge is 0.126 e. The minimum absolute atomic E-state index is 0.0600. The molecule has 0 aliphatic heterocycles. The summed E-state index contributed by atoms with van der Waals surface area (Å²) >= 11 is 3.71. The second-order valence-electron chi connectivity index (χ2n) is 5.61. The number of hydrogen-bond acceptors (Lipinski definition) is 0. The fourth-order valence-electron chi connectivity index (χ4n) is 2.87. The molecule has 0 saturated carbocycles. The zero-order chi connectivity index (χ0) is 14.1. The quantitative estimate of drug-likeness (QED) is 0.637. The van der Waals surface area contributed by atoms with Crippen LogP contribution in [0.1, 0.15) is 45.5 Å². The van der Waals surface area contributed by atoms with Crippen LogP contribution >= 0.6 is 15.9 Å². The molecule has 2 aromatic rings. The highest BCUT2D eigenvalue weighted by Gasteiger charge is 2.15. The second-order valence-corrected chi connectivity index (χ2v) is 6.52. The van der Waals surface area contributed by atoms with Gasteiger partial charge in [0.2, 0.25) is 0 Å². The summed E-state index contributed by atoms with van der Waals surface area (Å²) in [6, 6.07) is 12.2. The number of rotatable bonds is 2. The van der Waals surface area contributed by atoms with Gasteiger partial charge in [-0.2, -0.15) is 0 Å². The molecule has 0 radical (unpaired) electrons. The van der Waals surface area contributed by atoms with Crippen LogP contribution in [-0.4, -0.2) is 0 Å². The molecule has 2 heteroatoms. The molecule has 0 heterocycles. The van der Waals surface area contributed by atoms with Gasteiger partial charge in [-0.3, -0.25) is 0 Å². The van der Waals surface area contributed by atoms with Gasteiger partial charge >= 0.3 is 0 Å². The first kappa shape index (κ1) is 13.8. The minimum atomic E-state index is -0.134. The predicted molar refractivity (Wildman–Crippen MR) is 85.0 cm³/mol. The molecule has 1 unspecified atom stereocenters. The van der Waals surface area contributed by atoms with Crippen LogP contribution in [0.2, 0.25) is 0 Å². The summed E-state index contributed by atoms with van der Waals surface area (Å²) in [5.74, 6) is -0.134. The van der Waals surface area contributed by atoms with Crippen molar-refractivity contribution in [2.45, 2.75) is 37.4 Å². The number of alkyl halides is 1. The first-order valence-corrected chi connectivity index (χ1v) is 8.08. The van der Waals surface area contributed by atoms with Crippen LogP contribution in [0.5, 0.6) is 0 Å². The van der Waals surface area contributed by atoms with Gasteiger partial charge in [0, 0.05) is 0 Å². The molecule has 104 valence electrons. The number of hydrogen-bond donors (Lipinski definition) is 0. The lowest BCUT2D eigenvalue weighted by atomic mass is 9.89. The van der Waals surface area contributed by atoms with E-state index < -0.39 is 0 Å². The van der Waals surface area contributed by atoms with E-state index in [1.54, 1.807) is 13.0 Å². The van der Waals surface area contributed by atoms with Crippen molar-refractivity contribution in [3.8, 4) is 0 Å². The Morgan fingerprint density at radius 3 is 2.35 bits per heavy atom. The highest BCUT2D eigenvalue weighted by Crippen LogP contribution is 2.34. The van der Waals surface area contributed by atoms with Gasteiger partial charge < -0.3 is 0 Å². The Morgan fingerprint density at radius 1 is 0.950 bits per heavy atom. The largest absolute Gasteiger partial charge is 0.207 e. The fourth-order valence-corrected chi connectivity index (χ4v) is 3.44. The molecule has 0 N–H and O–H groups in total. The minimum Gasteiger partial charge on any atom is -0.207 e. The number of fused-ring (bicyclic) bond motifs is 1. The van der Waals surface area contributed by atoms with Crippen LogP contribution in [0.25, 0.3) is 0 Å². The molecular weight excluding hydrogens is 315 g/mol. The Labute approximate surface area is 128 Å². The number of halogens is 2. The summed E-state index contributed by atoms with van der Waals surface area (Å²) < 4.78 is 13.7. The molecule has 20 heavy (non-hydrogen) atoms. The van der Waals surface area contributed by atoms with Crippen molar-refractivity contribution in [3.05, 3.63) is 70.0 Å². The maximum Gasteiger partial charge on any atom is 0.126 e. The lowest BCUT2D eigenvalue weighted by molar-refractivity contribution is 0.616. The van der Waals surface area contributed by atoms with E-state index in [0.717, 1.165) is 5.56 Å². The van der Waals surface area contributed by atoms with E-state index >= 15 is 0 Å². The molecule has 0 aromatic heterocycles. The van der Waals surface area contributed by atoms with Gasteiger partial charge in [-0.15, -0.1) is 0 Å². The Kier molecular flexibility index (Phi) is 3.93. The van der Waals surface area contributed by atoms with Crippen LogP contribution in [0, 0.1) is 12.7 Å². The molecule has 0 bridgehead atoms. The summed E-state index contributed by atoms with van der Waals surface area (Å²) in [6.07, 6.45) is 4.95. The summed E-state index contributed by atoms with van der Waals surface area (Å²) in [7, 11) is 0. The van der Waals surface area contributed by atoms with Gasteiger partial charge in [0.05, 0.1) is 4.83 Å². The van der Waals surface area contributed by atoms with Crippen molar-refractivity contribution in [1.29, 1.82) is 0 Å². The normalized spacial score (nSPS) is 15.8. The molecule has 2 aromatic carbocycles. The van der Waals surface area contributed by atoms with Crippen LogP contribution in [-0.2, 0) is 12.8 Å². The van der Waals surface area contributed by atoms with Gasteiger partial charge in [-0.25, -0.2) is 4.39 Å². The SMILES string of the molecule is Cc1ccc(C(Br)c2ccc3c(c2)CCCC3)cc1F. The summed E-state index contributed by atoms with van der Waals surface area (Å²) in [4.78, 5) is 0.0600. The van der Waals surface area contributed by atoms with E-state index in [9.17, 15) is 4.39 Å². The molecule has 0 spiro atoms. The predicted octanol–water partition coefficient (Wildman–Crippen LogP) is 5.50. The van der Waals surface area contributed by atoms with Crippen molar-refractivity contribution in [2.24, 2.45) is 0 Å². The van der Waals surface area contributed by atoms with Crippen molar-refractivity contribution in [1.82, 2.24) is 0 Å². The zero-order valence-corrected chi connectivity index (χ0v) is 13.2. The average Bonchev–Trinajstić information content (AvgIpc) is 2.49. The average molecular weight is 333 g/mol. The fraction of sp³-hybridized carbons (Fsp3) is 0.333. The third-order valence-electron chi connectivity index (χ3n) is 4.15. The first-order valence-electron chi connectivity index (χ1n) is 7.17. The van der Waals surface area contributed by atoms with Crippen LogP contribution < -0.4 is 0 Å².